The highest BCUT2D eigenvalue weighted by atomic mass is 32.2. The average Bonchev–Trinajstić information content (AvgIpc) is 2.75. The summed E-state index contributed by atoms with van der Waals surface area (Å²) in [7, 11) is -5.75. The number of ether oxygens (including phenoxy) is 1. The smallest absolute Gasteiger partial charge is 0.466 e. The van der Waals surface area contributed by atoms with Gasteiger partial charge < -0.3 is 14.0 Å². The van der Waals surface area contributed by atoms with Gasteiger partial charge in [-0.3, -0.25) is 4.98 Å². The summed E-state index contributed by atoms with van der Waals surface area (Å²) in [6.45, 7) is 4.50. The van der Waals surface area contributed by atoms with E-state index in [-0.39, 0.29) is 11.7 Å². The van der Waals surface area contributed by atoms with E-state index in [0.717, 1.165) is 42.6 Å². The van der Waals surface area contributed by atoms with E-state index < -0.39 is 22.4 Å². The summed E-state index contributed by atoms with van der Waals surface area (Å²) in [5, 5.41) is 9.23. The molecule has 182 valence electrons. The maximum absolute atomic E-state index is 12.8. The minimum Gasteiger partial charge on any atom is -0.466 e. The molecule has 0 aliphatic heterocycles. The van der Waals surface area contributed by atoms with Gasteiger partial charge in [-0.15, -0.1) is 0 Å². The number of hydrogen-bond donors (Lipinski definition) is 1. The molecule has 1 N–H and O–H groups in total. The lowest BCUT2D eigenvalue weighted by atomic mass is 9.86. The molecule has 1 aliphatic carbocycles. The third-order valence-electron chi connectivity index (χ3n) is 6.20. The summed E-state index contributed by atoms with van der Waals surface area (Å²) in [6, 6.07) is 4.89. The van der Waals surface area contributed by atoms with E-state index in [0.29, 0.717) is 28.9 Å². The Hall–Kier alpha value is -2.33. The Morgan fingerprint density at radius 1 is 1.06 bits per heavy atom. The van der Waals surface area contributed by atoms with Gasteiger partial charge in [0.2, 0.25) is 0 Å². The van der Waals surface area contributed by atoms with Crippen LogP contribution in [0.5, 0.6) is 11.5 Å². The number of benzene rings is 1. The van der Waals surface area contributed by atoms with E-state index >= 15 is 0 Å². The van der Waals surface area contributed by atoms with Crippen molar-refractivity contribution in [3.63, 3.8) is 0 Å². The molecule has 3 rings (SSSR count). The van der Waals surface area contributed by atoms with Crippen molar-refractivity contribution in [1.29, 1.82) is 0 Å². The summed E-state index contributed by atoms with van der Waals surface area (Å²) in [5.74, 6) is 0.458. The van der Waals surface area contributed by atoms with Crippen LogP contribution in [-0.2, 0) is 16.5 Å². The fourth-order valence-corrected chi connectivity index (χ4v) is 4.77. The van der Waals surface area contributed by atoms with Gasteiger partial charge in [0.05, 0.1) is 5.69 Å². The van der Waals surface area contributed by atoms with E-state index in [4.69, 9.17) is 9.72 Å². The second kappa shape index (κ2) is 9.89. The number of aliphatic hydroxyl groups is 1. The van der Waals surface area contributed by atoms with Gasteiger partial charge in [0, 0.05) is 18.0 Å². The van der Waals surface area contributed by atoms with Crippen LogP contribution in [0.2, 0.25) is 0 Å². The topological polar surface area (TPSA) is 85.7 Å². The van der Waals surface area contributed by atoms with E-state index in [9.17, 15) is 26.7 Å². The van der Waals surface area contributed by atoms with Crippen LogP contribution in [0.4, 0.5) is 13.2 Å². The van der Waals surface area contributed by atoms with Crippen molar-refractivity contribution in [2.45, 2.75) is 70.7 Å². The lowest BCUT2D eigenvalue weighted by Gasteiger charge is -2.24. The molecule has 6 nitrogen and oxygen atoms in total. The fraction of sp³-hybridized carbons (Fsp3) is 0.522. The van der Waals surface area contributed by atoms with Crippen molar-refractivity contribution in [3.8, 4) is 11.5 Å². The van der Waals surface area contributed by atoms with Gasteiger partial charge in [-0.2, -0.15) is 21.6 Å². The third-order valence-corrected chi connectivity index (χ3v) is 7.17. The molecule has 0 unspecified atom stereocenters. The Bertz CT molecular complexity index is 1110. The summed E-state index contributed by atoms with van der Waals surface area (Å²) in [4.78, 5) is 4.82. The van der Waals surface area contributed by atoms with Crippen molar-refractivity contribution in [2.75, 3.05) is 6.79 Å². The normalized spacial score (nSPS) is 15.5. The average molecular weight is 488 g/mol. The summed E-state index contributed by atoms with van der Waals surface area (Å²) < 4.78 is 70.9. The first-order valence-corrected chi connectivity index (χ1v) is 12.2. The summed E-state index contributed by atoms with van der Waals surface area (Å²) in [5.41, 5.74) is -1.55. The van der Waals surface area contributed by atoms with Crippen LogP contribution in [-0.4, -0.2) is 30.8 Å². The molecular weight excluding hydrogens is 459 g/mol. The molecule has 0 saturated heterocycles. The maximum atomic E-state index is 12.8. The molecule has 1 saturated carbocycles. The first-order valence-electron chi connectivity index (χ1n) is 10.8. The van der Waals surface area contributed by atoms with Crippen LogP contribution in [0.25, 0.3) is 0 Å². The molecule has 10 heteroatoms. The molecule has 1 aliphatic rings. The molecule has 1 aromatic carbocycles. The fourth-order valence-electron chi connectivity index (χ4n) is 4.27. The zero-order chi connectivity index (χ0) is 24.4. The lowest BCUT2D eigenvalue weighted by molar-refractivity contribution is -0.0500. The van der Waals surface area contributed by atoms with Crippen LogP contribution >= 0.6 is 0 Å². The van der Waals surface area contributed by atoms with Gasteiger partial charge in [-0.25, -0.2) is 0 Å². The molecule has 33 heavy (non-hydrogen) atoms. The lowest BCUT2D eigenvalue weighted by Crippen LogP contribution is -2.28. The van der Waals surface area contributed by atoms with Crippen LogP contribution in [0.15, 0.2) is 18.2 Å². The molecule has 0 amide bonds. The number of aryl methyl sites for hydroxylation is 1. The molecule has 0 spiro atoms. The van der Waals surface area contributed by atoms with Gasteiger partial charge >= 0.3 is 15.6 Å². The minimum absolute atomic E-state index is 0.243. The zero-order valence-electron chi connectivity index (χ0n) is 18.8. The SMILES string of the molecule is Cc1cc(OS(=O)(=O)C(F)(F)F)c(C)c(C)c1Cc1ccc(OCO)c(C2CCCCC2)n1. The Kier molecular flexibility index (Phi) is 7.58. The predicted octanol–water partition coefficient (Wildman–Crippen LogP) is 5.20. The molecule has 0 atom stereocenters. The number of alkyl halides is 3. The number of aromatic nitrogens is 1. The highest BCUT2D eigenvalue weighted by Crippen LogP contribution is 2.37. The van der Waals surface area contributed by atoms with Gasteiger partial charge in [0.15, 0.2) is 6.79 Å². The number of nitrogens with zero attached hydrogens (tertiary/aromatic N) is 1. The van der Waals surface area contributed by atoms with E-state index in [1.54, 1.807) is 26.0 Å². The molecule has 1 fully saturated rings. The van der Waals surface area contributed by atoms with Crippen molar-refractivity contribution < 1.29 is 35.6 Å². The molecule has 2 aromatic rings. The largest absolute Gasteiger partial charge is 0.534 e. The first-order chi connectivity index (χ1) is 15.4. The predicted molar refractivity (Wildman–Crippen MR) is 117 cm³/mol. The first kappa shape index (κ1) is 25.3. The summed E-state index contributed by atoms with van der Waals surface area (Å²) in [6.07, 6.45) is 5.79. The Morgan fingerprint density at radius 2 is 1.73 bits per heavy atom. The second-order valence-electron chi connectivity index (χ2n) is 8.37. The van der Waals surface area contributed by atoms with Crippen LogP contribution in [0.3, 0.4) is 0 Å². The van der Waals surface area contributed by atoms with Crippen LogP contribution < -0.4 is 8.92 Å². The van der Waals surface area contributed by atoms with Crippen LogP contribution in [0, 0.1) is 20.8 Å². The van der Waals surface area contributed by atoms with Crippen molar-refractivity contribution in [2.24, 2.45) is 0 Å². The van der Waals surface area contributed by atoms with Crippen molar-refractivity contribution in [3.05, 3.63) is 51.8 Å². The summed E-state index contributed by atoms with van der Waals surface area (Å²) >= 11 is 0. The third kappa shape index (κ3) is 5.60. The molecule has 1 heterocycles. The van der Waals surface area contributed by atoms with E-state index in [1.807, 2.05) is 0 Å². The van der Waals surface area contributed by atoms with Crippen molar-refractivity contribution in [1.82, 2.24) is 4.98 Å². The number of hydrogen-bond acceptors (Lipinski definition) is 6. The van der Waals surface area contributed by atoms with Crippen molar-refractivity contribution >= 4 is 10.1 Å². The zero-order valence-corrected chi connectivity index (χ0v) is 19.6. The Morgan fingerprint density at radius 3 is 2.33 bits per heavy atom. The molecule has 0 bridgehead atoms. The number of halogens is 3. The number of aliphatic hydroxyl groups excluding tert-OH is 1. The Balaban J connectivity index is 1.94. The standard InChI is InChI=1S/C23H28F3NO5S/c1-14-11-21(32-33(29,30)23(24,25)26)16(3)15(2)19(14)12-18-9-10-20(31-13-28)22(27-18)17-7-5-4-6-8-17/h9-11,17,28H,4-8,12-13H2,1-3H3. The van der Waals surface area contributed by atoms with Crippen LogP contribution in [0.1, 0.15) is 71.7 Å². The van der Waals surface area contributed by atoms with E-state index in [1.165, 1.54) is 19.4 Å². The quantitative estimate of drug-likeness (QED) is 0.328. The highest BCUT2D eigenvalue weighted by molar-refractivity contribution is 7.88. The number of pyridine rings is 1. The maximum Gasteiger partial charge on any atom is 0.534 e. The van der Waals surface area contributed by atoms with Gasteiger partial charge in [0.25, 0.3) is 0 Å². The highest BCUT2D eigenvalue weighted by Gasteiger charge is 2.48. The van der Waals surface area contributed by atoms with Gasteiger partial charge in [-0.1, -0.05) is 19.3 Å². The molecule has 0 radical (unpaired) electrons. The number of rotatable bonds is 7. The van der Waals surface area contributed by atoms with E-state index in [2.05, 4.69) is 4.18 Å². The monoisotopic (exact) mass is 487 g/mol. The van der Waals surface area contributed by atoms with Gasteiger partial charge in [-0.05, 0) is 74.1 Å². The van der Waals surface area contributed by atoms with Gasteiger partial charge in [0.1, 0.15) is 11.5 Å². The second-order valence-corrected chi connectivity index (χ2v) is 9.91. The minimum atomic E-state index is -5.75. The molecule has 1 aromatic heterocycles. The molecular formula is C23H28F3NO5S. The Labute approximate surface area is 191 Å².